The van der Waals surface area contributed by atoms with E-state index in [0.29, 0.717) is 6.54 Å². The van der Waals surface area contributed by atoms with Crippen LogP contribution in [0.1, 0.15) is 17.2 Å². The van der Waals surface area contributed by atoms with Gasteiger partial charge in [-0.3, -0.25) is 9.78 Å². The maximum absolute atomic E-state index is 12.2. The minimum Gasteiger partial charge on any atom is -0.316 e. The van der Waals surface area contributed by atoms with E-state index in [2.05, 4.69) is 20.9 Å². The van der Waals surface area contributed by atoms with E-state index in [-0.39, 0.29) is 5.91 Å². The molecule has 1 aliphatic heterocycles. The summed E-state index contributed by atoms with van der Waals surface area (Å²) in [5.74, 6) is -0.0649. The zero-order chi connectivity index (χ0) is 13.4. The molecule has 1 aliphatic rings. The van der Waals surface area contributed by atoms with Crippen LogP contribution in [0.15, 0.2) is 47.2 Å². The quantitative estimate of drug-likeness (QED) is 0.925. The molecule has 2 N–H and O–H groups in total. The van der Waals surface area contributed by atoms with E-state index in [9.17, 15) is 4.79 Å². The minimum absolute atomic E-state index is 0.0649. The molecule has 0 fully saturated rings. The van der Waals surface area contributed by atoms with Gasteiger partial charge in [-0.15, -0.1) is 0 Å². The van der Waals surface area contributed by atoms with Crippen molar-refractivity contribution in [2.75, 3.05) is 4.90 Å². The Kier molecular flexibility index (Phi) is 3.08. The molecule has 1 unspecified atom stereocenters. The molecule has 3 rings (SSSR count). The van der Waals surface area contributed by atoms with Crippen molar-refractivity contribution in [2.24, 2.45) is 5.73 Å². The highest BCUT2D eigenvalue weighted by Crippen LogP contribution is 2.37. The van der Waals surface area contributed by atoms with E-state index in [1.165, 1.54) is 0 Å². The van der Waals surface area contributed by atoms with Crippen LogP contribution in [0.5, 0.6) is 0 Å². The molecule has 1 aromatic heterocycles. The number of aromatic nitrogens is 1. The third kappa shape index (κ3) is 2.15. The number of hydrogen-bond acceptors (Lipinski definition) is 3. The summed E-state index contributed by atoms with van der Waals surface area (Å²) in [6, 6.07) is 8.96. The fourth-order valence-corrected chi connectivity index (χ4v) is 2.62. The van der Waals surface area contributed by atoms with Crippen LogP contribution >= 0.6 is 15.9 Å². The first-order valence-corrected chi connectivity index (χ1v) is 6.71. The van der Waals surface area contributed by atoms with E-state index < -0.39 is 6.04 Å². The molecule has 19 heavy (non-hydrogen) atoms. The third-order valence-electron chi connectivity index (χ3n) is 3.24. The molecule has 0 saturated carbocycles. The number of nitrogens with two attached hydrogens (primary N) is 1. The first-order valence-electron chi connectivity index (χ1n) is 5.92. The number of carbonyl (C=O) groups excluding carboxylic acids is 1. The van der Waals surface area contributed by atoms with Crippen molar-refractivity contribution in [3.8, 4) is 0 Å². The first-order chi connectivity index (χ1) is 9.16. The van der Waals surface area contributed by atoms with Gasteiger partial charge in [-0.05, 0) is 29.8 Å². The summed E-state index contributed by atoms with van der Waals surface area (Å²) in [5, 5.41) is 0. The molecule has 1 atom stereocenters. The number of carbonyl (C=O) groups is 1. The van der Waals surface area contributed by atoms with Crippen LogP contribution in [-0.2, 0) is 11.3 Å². The Labute approximate surface area is 119 Å². The van der Waals surface area contributed by atoms with Gasteiger partial charge in [0, 0.05) is 22.4 Å². The lowest BCUT2D eigenvalue weighted by atomic mass is 10.1. The summed E-state index contributed by atoms with van der Waals surface area (Å²) in [6.07, 6.45) is 3.44. The second-order valence-corrected chi connectivity index (χ2v) is 5.38. The van der Waals surface area contributed by atoms with Crippen LogP contribution in [0, 0.1) is 0 Å². The first kappa shape index (κ1) is 12.3. The van der Waals surface area contributed by atoms with Crippen molar-refractivity contribution >= 4 is 27.5 Å². The Morgan fingerprint density at radius 1 is 1.26 bits per heavy atom. The van der Waals surface area contributed by atoms with E-state index in [0.717, 1.165) is 21.3 Å². The molecule has 2 aromatic rings. The van der Waals surface area contributed by atoms with Crippen LogP contribution in [0.25, 0.3) is 0 Å². The Morgan fingerprint density at radius 3 is 2.74 bits per heavy atom. The average Bonchev–Trinajstić information content (AvgIpc) is 2.65. The normalized spacial score (nSPS) is 17.7. The lowest BCUT2D eigenvalue weighted by molar-refractivity contribution is -0.119. The van der Waals surface area contributed by atoms with Crippen molar-refractivity contribution in [1.29, 1.82) is 0 Å². The second kappa shape index (κ2) is 4.75. The van der Waals surface area contributed by atoms with Gasteiger partial charge in [0.15, 0.2) is 0 Å². The fraction of sp³-hybridized carbons (Fsp3) is 0.143. The Balaban J connectivity index is 1.99. The number of rotatable bonds is 2. The average molecular weight is 318 g/mol. The number of amides is 1. The lowest BCUT2D eigenvalue weighted by Gasteiger charge is -2.17. The van der Waals surface area contributed by atoms with Gasteiger partial charge in [0.05, 0.1) is 12.2 Å². The highest BCUT2D eigenvalue weighted by atomic mass is 79.9. The van der Waals surface area contributed by atoms with Gasteiger partial charge in [0.2, 0.25) is 5.91 Å². The second-order valence-electron chi connectivity index (χ2n) is 4.46. The van der Waals surface area contributed by atoms with Gasteiger partial charge in [-0.2, -0.15) is 0 Å². The maximum atomic E-state index is 12.2. The SMILES string of the molecule is NC1C(=O)N(Cc2ccncc2)c2cc(Br)ccc21. The van der Waals surface area contributed by atoms with E-state index in [1.54, 1.807) is 17.3 Å². The van der Waals surface area contributed by atoms with E-state index >= 15 is 0 Å². The largest absolute Gasteiger partial charge is 0.316 e. The minimum atomic E-state index is -0.565. The monoisotopic (exact) mass is 317 g/mol. The highest BCUT2D eigenvalue weighted by molar-refractivity contribution is 9.10. The summed E-state index contributed by atoms with van der Waals surface area (Å²) < 4.78 is 0.938. The van der Waals surface area contributed by atoms with Crippen molar-refractivity contribution in [3.63, 3.8) is 0 Å². The van der Waals surface area contributed by atoms with Crippen molar-refractivity contribution in [3.05, 3.63) is 58.3 Å². The Hall–Kier alpha value is -1.72. The summed E-state index contributed by atoms with van der Waals surface area (Å²) in [6.45, 7) is 0.512. The van der Waals surface area contributed by atoms with Crippen molar-refractivity contribution in [1.82, 2.24) is 4.98 Å². The van der Waals surface area contributed by atoms with E-state index in [4.69, 9.17) is 5.73 Å². The van der Waals surface area contributed by atoms with Crippen molar-refractivity contribution in [2.45, 2.75) is 12.6 Å². The molecule has 4 nitrogen and oxygen atoms in total. The van der Waals surface area contributed by atoms with Crippen molar-refractivity contribution < 1.29 is 4.79 Å². The molecule has 1 amide bonds. The molecular formula is C14H12BrN3O. The van der Waals surface area contributed by atoms with Gasteiger partial charge in [-0.25, -0.2) is 0 Å². The molecular weight excluding hydrogens is 306 g/mol. The molecule has 0 spiro atoms. The Bertz CT molecular complexity index is 630. The molecule has 5 heteroatoms. The number of nitrogens with zero attached hydrogens (tertiary/aromatic N) is 2. The number of hydrogen-bond donors (Lipinski definition) is 1. The van der Waals surface area contributed by atoms with E-state index in [1.807, 2.05) is 30.3 Å². The number of fused-ring (bicyclic) bond motifs is 1. The number of pyridine rings is 1. The summed E-state index contributed by atoms with van der Waals surface area (Å²) >= 11 is 3.43. The maximum Gasteiger partial charge on any atom is 0.248 e. The van der Waals surface area contributed by atoms with Gasteiger partial charge >= 0.3 is 0 Å². The highest BCUT2D eigenvalue weighted by Gasteiger charge is 2.34. The van der Waals surface area contributed by atoms with Crippen LogP contribution in [-0.4, -0.2) is 10.9 Å². The molecule has 96 valence electrons. The summed E-state index contributed by atoms with van der Waals surface area (Å²) in [5.41, 5.74) is 8.75. The molecule has 0 saturated heterocycles. The fourth-order valence-electron chi connectivity index (χ4n) is 2.27. The van der Waals surface area contributed by atoms with Gasteiger partial charge < -0.3 is 10.6 Å². The molecule has 0 bridgehead atoms. The topological polar surface area (TPSA) is 59.2 Å². The van der Waals surface area contributed by atoms with Gasteiger partial charge in [-0.1, -0.05) is 22.0 Å². The number of halogens is 1. The lowest BCUT2D eigenvalue weighted by Crippen LogP contribution is -2.31. The van der Waals surface area contributed by atoms with Crippen LogP contribution < -0.4 is 10.6 Å². The van der Waals surface area contributed by atoms with Gasteiger partial charge in [0.1, 0.15) is 6.04 Å². The van der Waals surface area contributed by atoms with Crippen LogP contribution in [0.3, 0.4) is 0 Å². The smallest absolute Gasteiger partial charge is 0.248 e. The van der Waals surface area contributed by atoms with Crippen LogP contribution in [0.4, 0.5) is 5.69 Å². The molecule has 0 radical (unpaired) electrons. The zero-order valence-electron chi connectivity index (χ0n) is 10.1. The van der Waals surface area contributed by atoms with Crippen LogP contribution in [0.2, 0.25) is 0 Å². The third-order valence-corrected chi connectivity index (χ3v) is 3.73. The predicted octanol–water partition coefficient (Wildman–Crippen LogP) is 2.39. The summed E-state index contributed by atoms with van der Waals surface area (Å²) in [4.78, 5) is 17.9. The van der Waals surface area contributed by atoms with Gasteiger partial charge in [0.25, 0.3) is 0 Å². The summed E-state index contributed by atoms with van der Waals surface area (Å²) in [7, 11) is 0. The number of benzene rings is 1. The zero-order valence-corrected chi connectivity index (χ0v) is 11.7. The molecule has 0 aliphatic carbocycles. The molecule has 2 heterocycles. The predicted molar refractivity (Wildman–Crippen MR) is 76.5 cm³/mol. The standard InChI is InChI=1S/C14H12BrN3O/c15-10-1-2-11-12(7-10)18(14(19)13(11)16)8-9-3-5-17-6-4-9/h1-7,13H,8,16H2. The number of anilines is 1. The molecule has 1 aromatic carbocycles. The Morgan fingerprint density at radius 2 is 2.00 bits per heavy atom.